The van der Waals surface area contributed by atoms with Gasteiger partial charge in [0, 0.05) is 24.4 Å². The molecule has 0 saturated heterocycles. The van der Waals surface area contributed by atoms with Gasteiger partial charge in [0.1, 0.15) is 0 Å². The third kappa shape index (κ3) is 1.99. The molecule has 2 unspecified atom stereocenters. The molecule has 2 rings (SSSR count). The molecule has 0 amide bonds. The molecule has 1 aliphatic carbocycles. The summed E-state index contributed by atoms with van der Waals surface area (Å²) in [6, 6.07) is 4.39. The van der Waals surface area contributed by atoms with Crippen LogP contribution in [-0.4, -0.2) is 18.1 Å². The van der Waals surface area contributed by atoms with E-state index in [1.807, 2.05) is 12.4 Å². The Kier molecular flexibility index (Phi) is 3.59. The zero-order valence-corrected chi connectivity index (χ0v) is 10.4. The maximum atomic E-state index is 4.13. The number of aromatic nitrogens is 1. The van der Waals surface area contributed by atoms with E-state index in [1.54, 1.807) is 0 Å². The predicted octanol–water partition coefficient (Wildman–Crippen LogP) is 2.75. The monoisotopic (exact) mass is 218 g/mol. The van der Waals surface area contributed by atoms with Crippen molar-refractivity contribution in [1.82, 2.24) is 10.3 Å². The molecular weight excluding hydrogens is 196 g/mol. The standard InChI is InChI=1S/C14H22N2/c1-3-15-11-14(8-4-5-12(14)2)13-6-9-16-10-7-13/h6-7,9-10,12,15H,3-5,8,11H2,1-2H3. The van der Waals surface area contributed by atoms with Crippen molar-refractivity contribution in [3.8, 4) is 0 Å². The number of nitrogens with one attached hydrogen (secondary N) is 1. The maximum absolute atomic E-state index is 4.13. The van der Waals surface area contributed by atoms with E-state index < -0.39 is 0 Å². The first kappa shape index (κ1) is 11.6. The summed E-state index contributed by atoms with van der Waals surface area (Å²) in [5, 5.41) is 3.54. The van der Waals surface area contributed by atoms with Gasteiger partial charge in [0.15, 0.2) is 0 Å². The Morgan fingerprint density at radius 1 is 1.44 bits per heavy atom. The molecule has 1 saturated carbocycles. The molecular formula is C14H22N2. The second-order valence-corrected chi connectivity index (χ2v) is 4.97. The van der Waals surface area contributed by atoms with Crippen LogP contribution in [0.25, 0.3) is 0 Å². The lowest BCUT2D eigenvalue weighted by Crippen LogP contribution is -2.40. The fraction of sp³-hybridized carbons (Fsp3) is 0.643. The van der Waals surface area contributed by atoms with E-state index in [0.29, 0.717) is 5.41 Å². The Bertz CT molecular complexity index is 323. The summed E-state index contributed by atoms with van der Waals surface area (Å²) in [7, 11) is 0. The number of rotatable bonds is 4. The first-order chi connectivity index (χ1) is 7.79. The van der Waals surface area contributed by atoms with Crippen molar-refractivity contribution in [3.63, 3.8) is 0 Å². The highest BCUT2D eigenvalue weighted by Gasteiger charge is 2.41. The van der Waals surface area contributed by atoms with Crippen LogP contribution in [-0.2, 0) is 5.41 Å². The van der Waals surface area contributed by atoms with Crippen molar-refractivity contribution in [1.29, 1.82) is 0 Å². The van der Waals surface area contributed by atoms with Crippen molar-refractivity contribution in [2.24, 2.45) is 5.92 Å². The van der Waals surface area contributed by atoms with Crippen molar-refractivity contribution >= 4 is 0 Å². The zero-order chi connectivity index (χ0) is 11.4. The zero-order valence-electron chi connectivity index (χ0n) is 10.4. The lowest BCUT2D eigenvalue weighted by Gasteiger charge is -2.34. The molecule has 2 heteroatoms. The predicted molar refractivity (Wildman–Crippen MR) is 67.5 cm³/mol. The van der Waals surface area contributed by atoms with E-state index >= 15 is 0 Å². The van der Waals surface area contributed by atoms with Gasteiger partial charge in [-0.25, -0.2) is 0 Å². The second kappa shape index (κ2) is 4.96. The quantitative estimate of drug-likeness (QED) is 0.840. The molecule has 88 valence electrons. The number of hydrogen-bond donors (Lipinski definition) is 1. The molecule has 0 radical (unpaired) electrons. The second-order valence-electron chi connectivity index (χ2n) is 4.97. The van der Waals surface area contributed by atoms with Crippen LogP contribution in [0.4, 0.5) is 0 Å². The molecule has 1 aromatic rings. The maximum Gasteiger partial charge on any atom is 0.0270 e. The van der Waals surface area contributed by atoms with Gasteiger partial charge in [-0.2, -0.15) is 0 Å². The summed E-state index contributed by atoms with van der Waals surface area (Å²) >= 11 is 0. The Hall–Kier alpha value is -0.890. The van der Waals surface area contributed by atoms with Gasteiger partial charge in [-0.1, -0.05) is 20.3 Å². The van der Waals surface area contributed by atoms with Crippen LogP contribution in [0, 0.1) is 5.92 Å². The minimum Gasteiger partial charge on any atom is -0.316 e. The van der Waals surface area contributed by atoms with Crippen LogP contribution < -0.4 is 5.32 Å². The van der Waals surface area contributed by atoms with E-state index in [1.165, 1.54) is 24.8 Å². The average molecular weight is 218 g/mol. The molecule has 1 fully saturated rings. The lowest BCUT2D eigenvalue weighted by molar-refractivity contribution is 0.320. The van der Waals surface area contributed by atoms with E-state index in [2.05, 4.69) is 36.3 Å². The Balaban J connectivity index is 2.27. The molecule has 0 bridgehead atoms. The highest BCUT2D eigenvalue weighted by molar-refractivity contribution is 5.26. The van der Waals surface area contributed by atoms with E-state index in [4.69, 9.17) is 0 Å². The molecule has 1 aromatic heterocycles. The minimum absolute atomic E-state index is 0.346. The van der Waals surface area contributed by atoms with Crippen molar-refractivity contribution in [2.45, 2.75) is 38.5 Å². The summed E-state index contributed by atoms with van der Waals surface area (Å²) in [4.78, 5) is 4.13. The van der Waals surface area contributed by atoms with Gasteiger partial charge in [-0.05, 0) is 43.0 Å². The molecule has 0 aliphatic heterocycles. The molecule has 2 atom stereocenters. The SMILES string of the molecule is CCNCC1(c2ccncc2)CCCC1C. The van der Waals surface area contributed by atoms with Gasteiger partial charge in [0.25, 0.3) is 0 Å². The Morgan fingerprint density at radius 3 is 2.75 bits per heavy atom. The molecule has 2 nitrogen and oxygen atoms in total. The van der Waals surface area contributed by atoms with Gasteiger partial charge in [0.05, 0.1) is 0 Å². The summed E-state index contributed by atoms with van der Waals surface area (Å²) < 4.78 is 0. The van der Waals surface area contributed by atoms with E-state index in [9.17, 15) is 0 Å². The van der Waals surface area contributed by atoms with Gasteiger partial charge in [0.2, 0.25) is 0 Å². The molecule has 1 heterocycles. The van der Waals surface area contributed by atoms with Crippen LogP contribution in [0.2, 0.25) is 0 Å². The first-order valence-electron chi connectivity index (χ1n) is 6.41. The van der Waals surface area contributed by atoms with Crippen LogP contribution in [0.1, 0.15) is 38.7 Å². The van der Waals surface area contributed by atoms with Crippen LogP contribution in [0.15, 0.2) is 24.5 Å². The van der Waals surface area contributed by atoms with E-state index in [0.717, 1.165) is 19.0 Å². The number of pyridine rings is 1. The minimum atomic E-state index is 0.346. The summed E-state index contributed by atoms with van der Waals surface area (Å²) in [6.07, 6.45) is 7.87. The number of nitrogens with zero attached hydrogens (tertiary/aromatic N) is 1. The van der Waals surface area contributed by atoms with Crippen LogP contribution >= 0.6 is 0 Å². The van der Waals surface area contributed by atoms with Crippen molar-refractivity contribution < 1.29 is 0 Å². The number of hydrogen-bond acceptors (Lipinski definition) is 2. The largest absolute Gasteiger partial charge is 0.316 e. The average Bonchev–Trinajstić information content (AvgIpc) is 2.70. The summed E-state index contributed by atoms with van der Waals surface area (Å²) in [6.45, 7) is 6.73. The van der Waals surface area contributed by atoms with Gasteiger partial charge in [-0.15, -0.1) is 0 Å². The molecule has 0 aromatic carbocycles. The first-order valence-corrected chi connectivity index (χ1v) is 6.41. The van der Waals surface area contributed by atoms with Crippen LogP contribution in [0.3, 0.4) is 0 Å². The third-order valence-electron chi connectivity index (χ3n) is 4.15. The normalized spacial score (nSPS) is 29.5. The highest BCUT2D eigenvalue weighted by atomic mass is 14.9. The lowest BCUT2D eigenvalue weighted by atomic mass is 9.73. The van der Waals surface area contributed by atoms with Crippen molar-refractivity contribution in [2.75, 3.05) is 13.1 Å². The molecule has 0 spiro atoms. The smallest absolute Gasteiger partial charge is 0.0270 e. The molecule has 1 aliphatic rings. The highest BCUT2D eigenvalue weighted by Crippen LogP contribution is 2.44. The van der Waals surface area contributed by atoms with Crippen LogP contribution in [0.5, 0.6) is 0 Å². The summed E-state index contributed by atoms with van der Waals surface area (Å²) in [5.41, 5.74) is 1.81. The third-order valence-corrected chi connectivity index (χ3v) is 4.15. The fourth-order valence-electron chi connectivity index (χ4n) is 3.07. The van der Waals surface area contributed by atoms with Gasteiger partial charge < -0.3 is 5.32 Å². The Labute approximate surface area is 98.5 Å². The molecule has 16 heavy (non-hydrogen) atoms. The fourth-order valence-corrected chi connectivity index (χ4v) is 3.07. The number of likely N-dealkylation sites (N-methyl/N-ethyl adjacent to an activating group) is 1. The van der Waals surface area contributed by atoms with Gasteiger partial charge >= 0.3 is 0 Å². The van der Waals surface area contributed by atoms with E-state index in [-0.39, 0.29) is 0 Å². The summed E-state index contributed by atoms with van der Waals surface area (Å²) in [5.74, 6) is 0.772. The van der Waals surface area contributed by atoms with Crippen molar-refractivity contribution in [3.05, 3.63) is 30.1 Å². The molecule has 1 N–H and O–H groups in total. The topological polar surface area (TPSA) is 24.9 Å². The van der Waals surface area contributed by atoms with Gasteiger partial charge in [-0.3, -0.25) is 4.98 Å². The Morgan fingerprint density at radius 2 is 2.19 bits per heavy atom.